The Morgan fingerprint density at radius 3 is 1.53 bits per heavy atom. The zero-order valence-electron chi connectivity index (χ0n) is 51.7. The van der Waals surface area contributed by atoms with Gasteiger partial charge in [0.1, 0.15) is 11.8 Å². The van der Waals surface area contributed by atoms with Crippen LogP contribution in [0.15, 0.2) is 29.3 Å². The molecule has 12 atom stereocenters. The highest BCUT2D eigenvalue weighted by molar-refractivity contribution is 5.99. The lowest BCUT2D eigenvalue weighted by atomic mass is 9.84. The molecule has 0 spiro atoms. The third-order valence-electron chi connectivity index (χ3n) is 15.4. The summed E-state index contributed by atoms with van der Waals surface area (Å²) in [5.41, 5.74) is 34.1. The number of hydrogen-bond acceptors (Lipinski definition) is 17. The number of aliphatic imine (C=N–C) groups is 1. The number of primary amides is 2. The molecule has 1 aromatic rings. The van der Waals surface area contributed by atoms with Crippen LogP contribution in [-0.4, -0.2) is 142 Å². The Bertz CT molecular complexity index is 2450. The first-order valence-corrected chi connectivity index (χ1v) is 30.0. The number of nitrogens with zero attached hydrogens (tertiary/aromatic N) is 1. The van der Waals surface area contributed by atoms with Gasteiger partial charge in [0.15, 0.2) is 34.9 Å². The van der Waals surface area contributed by atoms with Crippen LogP contribution < -0.4 is 61.0 Å². The van der Waals surface area contributed by atoms with Gasteiger partial charge in [0, 0.05) is 81.6 Å². The number of Topliss-reactive ketones (excluding diaryl/α,β-unsaturated/α-hetero) is 5. The zero-order valence-corrected chi connectivity index (χ0v) is 51.7. The quantitative estimate of drug-likeness (QED) is 0.0239. The maximum atomic E-state index is 14.7. The van der Waals surface area contributed by atoms with E-state index in [9.17, 15) is 67.7 Å². The van der Waals surface area contributed by atoms with Gasteiger partial charge in [-0.1, -0.05) is 59.6 Å². The fraction of sp³-hybridized carbons (Fsp3) is 0.683. The Hall–Kier alpha value is -7.19. The summed E-state index contributed by atoms with van der Waals surface area (Å²) in [6.45, 7) is 13.0. The lowest BCUT2D eigenvalue weighted by Gasteiger charge is -2.28. The Balaban J connectivity index is 3.69. The van der Waals surface area contributed by atoms with Gasteiger partial charge in [-0.05, 0) is 114 Å². The molecular weight excluding hydrogens is 1110 g/mol. The van der Waals surface area contributed by atoms with Crippen LogP contribution in [0.5, 0.6) is 5.75 Å². The van der Waals surface area contributed by atoms with E-state index in [4.69, 9.17) is 34.4 Å². The van der Waals surface area contributed by atoms with Crippen LogP contribution in [0, 0.1) is 41.4 Å². The minimum absolute atomic E-state index is 0.0317. The van der Waals surface area contributed by atoms with Gasteiger partial charge in [-0.2, -0.15) is 0 Å². The molecule has 0 aliphatic heterocycles. The number of aromatic hydroxyl groups is 1. The van der Waals surface area contributed by atoms with E-state index in [1.807, 2.05) is 0 Å². The van der Waals surface area contributed by atoms with Gasteiger partial charge in [-0.15, -0.1) is 0 Å². The maximum absolute atomic E-state index is 14.7. The third-order valence-corrected chi connectivity index (χ3v) is 15.4. The summed E-state index contributed by atoms with van der Waals surface area (Å²) >= 11 is 0. The molecule has 0 unspecified atom stereocenters. The number of phenols is 1. The number of unbranched alkanes of at least 4 members (excludes halogenated alkanes) is 2. The Morgan fingerprint density at radius 1 is 0.547 bits per heavy atom. The van der Waals surface area contributed by atoms with Crippen molar-refractivity contribution in [2.75, 3.05) is 19.6 Å². The monoisotopic (exact) mass is 1210 g/mol. The van der Waals surface area contributed by atoms with Gasteiger partial charge in [0.25, 0.3) is 0 Å². The lowest BCUT2D eigenvalue weighted by molar-refractivity contribution is -0.137. The van der Waals surface area contributed by atoms with Crippen LogP contribution in [-0.2, 0) is 64.0 Å². The van der Waals surface area contributed by atoms with E-state index >= 15 is 0 Å². The van der Waals surface area contributed by atoms with Crippen LogP contribution >= 0.6 is 0 Å². The van der Waals surface area contributed by atoms with Crippen molar-refractivity contribution >= 4 is 76.2 Å². The minimum Gasteiger partial charge on any atom is -0.508 e. The van der Waals surface area contributed by atoms with E-state index in [1.165, 1.54) is 52.0 Å². The molecule has 0 bridgehead atoms. The molecular formula is C60H100N12O14. The first kappa shape index (κ1) is 76.8. The minimum atomic E-state index is -1.42. The molecule has 1 rings (SSSR count). The van der Waals surface area contributed by atoms with Gasteiger partial charge in [0.2, 0.25) is 41.4 Å². The number of hydrogen-bond donors (Lipinski definition) is 13. The number of aliphatic hydroxyl groups excluding tert-OH is 1. The molecule has 0 aliphatic carbocycles. The van der Waals surface area contributed by atoms with E-state index in [0.717, 1.165) is 0 Å². The second-order valence-corrected chi connectivity index (χ2v) is 23.1. The fourth-order valence-electron chi connectivity index (χ4n) is 9.73. The number of ketones is 5. The van der Waals surface area contributed by atoms with Crippen LogP contribution in [0.25, 0.3) is 0 Å². The van der Waals surface area contributed by atoms with Crippen LogP contribution in [0.3, 0.4) is 0 Å². The van der Waals surface area contributed by atoms with Crippen LogP contribution in [0.2, 0.25) is 0 Å². The molecule has 19 N–H and O–H groups in total. The lowest BCUT2D eigenvalue weighted by Crippen LogP contribution is -2.50. The molecule has 26 nitrogen and oxygen atoms in total. The van der Waals surface area contributed by atoms with Crippen molar-refractivity contribution in [3.05, 3.63) is 29.8 Å². The number of rotatable bonds is 46. The number of amides is 7. The predicted molar refractivity (Wildman–Crippen MR) is 323 cm³/mol. The van der Waals surface area contributed by atoms with Gasteiger partial charge in [-0.3, -0.25) is 62.5 Å². The Kier molecular flexibility index (Phi) is 35.9. The van der Waals surface area contributed by atoms with Gasteiger partial charge in [-0.25, -0.2) is 0 Å². The third kappa shape index (κ3) is 29.3. The number of aliphatic hydroxyl groups is 1. The SMILES string of the molecule is CC[C@H](C)[C@H](CC(=O)[C@@H](NC(C)=O)[C@@H](C)O)C(=O)N[C@@H](CCC(N)=O)C(=O)C[C@@H](Cc1ccc(O)cc1)C(=O)N[C@@H](CCCN=C(N)N)C(=O)C[C@@H](CCCCN)C(=O)N[C@@H](C)C(=O)C[C@H](C(=O)N[C@@H](CCCCN)C(=O)C[C@@H](C)C(N)=O)C(C)C. The van der Waals surface area contributed by atoms with Crippen molar-refractivity contribution in [3.63, 3.8) is 0 Å². The molecule has 0 aliphatic rings. The highest BCUT2D eigenvalue weighted by atomic mass is 16.3. The summed E-state index contributed by atoms with van der Waals surface area (Å²) in [6.07, 6.45) is -1.30. The number of nitrogens with one attached hydrogen (secondary N) is 5. The smallest absolute Gasteiger partial charge is 0.224 e. The average Bonchev–Trinajstić information content (AvgIpc) is 3.30. The van der Waals surface area contributed by atoms with E-state index in [1.54, 1.807) is 27.7 Å². The predicted octanol–water partition coefficient (Wildman–Crippen LogP) is 0.441. The molecule has 1 aromatic carbocycles. The molecule has 0 saturated carbocycles. The van der Waals surface area contributed by atoms with Crippen LogP contribution in [0.4, 0.5) is 0 Å². The Labute approximate surface area is 505 Å². The first-order chi connectivity index (χ1) is 40.4. The molecule has 26 heteroatoms. The number of carbonyl (C=O) groups excluding carboxylic acids is 12. The number of nitrogens with two attached hydrogens (primary N) is 6. The molecule has 7 amide bonds. The summed E-state index contributed by atoms with van der Waals surface area (Å²) in [6, 6.07) is -0.408. The molecule has 0 saturated heterocycles. The molecule has 86 heavy (non-hydrogen) atoms. The van der Waals surface area contributed by atoms with Crippen LogP contribution in [0.1, 0.15) is 164 Å². The normalized spacial score (nSPS) is 15.5. The summed E-state index contributed by atoms with van der Waals surface area (Å²) < 4.78 is 0. The molecule has 484 valence electrons. The van der Waals surface area contributed by atoms with Crippen molar-refractivity contribution in [2.24, 2.45) is 80.8 Å². The van der Waals surface area contributed by atoms with Gasteiger partial charge < -0.3 is 71.2 Å². The molecule has 0 radical (unpaired) electrons. The highest BCUT2D eigenvalue weighted by Gasteiger charge is 2.38. The van der Waals surface area contributed by atoms with Gasteiger partial charge in [0.05, 0.1) is 30.3 Å². The summed E-state index contributed by atoms with van der Waals surface area (Å²) in [7, 11) is 0. The largest absolute Gasteiger partial charge is 0.508 e. The number of phenolic OH excluding ortho intramolecular Hbond substituents is 1. The van der Waals surface area contributed by atoms with Crippen molar-refractivity contribution in [2.45, 2.75) is 201 Å². The topological polar surface area (TPSA) is 474 Å². The summed E-state index contributed by atoms with van der Waals surface area (Å²) in [5.74, 6) is -14.0. The van der Waals surface area contributed by atoms with Crippen molar-refractivity contribution in [1.82, 2.24) is 26.6 Å². The van der Waals surface area contributed by atoms with Gasteiger partial charge >= 0.3 is 0 Å². The van der Waals surface area contributed by atoms with Crippen molar-refractivity contribution < 1.29 is 67.7 Å². The first-order valence-electron chi connectivity index (χ1n) is 30.0. The second-order valence-electron chi connectivity index (χ2n) is 23.1. The molecule has 0 fully saturated rings. The Morgan fingerprint density at radius 2 is 1.03 bits per heavy atom. The van der Waals surface area contributed by atoms with E-state index < -0.39 is 167 Å². The van der Waals surface area contributed by atoms with Crippen molar-refractivity contribution in [1.29, 1.82) is 0 Å². The standard InChI is InChI=1S/C60H100N12O14/c1-9-34(4)44(32-52(80)54(37(7)73)69-38(8)74)59(86)72-47(22-23-53(63)81)51(79)30-41(28-39-18-20-42(75)21-19-39)57(84)70-46(17-14-26-67-60(65)66)50(78)29-40(15-10-12-24-61)56(83)68-36(6)48(76)31-43(33(2)3)58(85)71-45(16-11-13-25-62)49(77)27-35(5)55(64)82/h18-21,33-37,40-41,43-47,54,73,75H,9-17,22-32,61-62H2,1-8H3,(H2,63,81)(H2,64,82)(H,68,83)(H,69,74)(H,70,84)(H,71,85)(H,72,86)(H4,65,66,67)/t34-,35+,36-,37+,40+,41+,43-,44-,45-,46-,47-,54-/m0/s1. The maximum Gasteiger partial charge on any atom is 0.224 e. The zero-order chi connectivity index (χ0) is 65.4. The molecule has 0 heterocycles. The van der Waals surface area contributed by atoms with E-state index in [2.05, 4.69) is 31.6 Å². The molecule has 0 aromatic heterocycles. The highest BCUT2D eigenvalue weighted by Crippen LogP contribution is 2.25. The van der Waals surface area contributed by atoms with E-state index in [-0.39, 0.29) is 82.6 Å². The number of benzene rings is 1. The second kappa shape index (κ2) is 40.2. The van der Waals surface area contributed by atoms with E-state index in [0.29, 0.717) is 44.2 Å². The number of guanidine groups is 1. The fourth-order valence-corrected chi connectivity index (χ4v) is 9.73. The average molecular weight is 1210 g/mol. The number of carbonyl (C=O) groups is 12. The summed E-state index contributed by atoms with van der Waals surface area (Å²) in [5, 5.41) is 33.8. The summed E-state index contributed by atoms with van der Waals surface area (Å²) in [4.78, 5) is 167. The van der Waals surface area contributed by atoms with Crippen molar-refractivity contribution in [3.8, 4) is 5.75 Å².